The van der Waals surface area contributed by atoms with Crippen LogP contribution >= 0.6 is 11.6 Å². The molecular weight excluding hydrogens is 360 g/mol. The van der Waals surface area contributed by atoms with Gasteiger partial charge in [0.2, 0.25) is 11.2 Å². The van der Waals surface area contributed by atoms with Gasteiger partial charge in [0.1, 0.15) is 23.3 Å². The average Bonchev–Trinajstić information content (AvgIpc) is 2.59. The fourth-order valence-corrected chi connectivity index (χ4v) is 2.32. The minimum atomic E-state index is -1.41. The first kappa shape index (κ1) is 17.8. The van der Waals surface area contributed by atoms with Crippen molar-refractivity contribution in [2.24, 2.45) is 0 Å². The molecule has 0 amide bonds. The molecule has 26 heavy (non-hydrogen) atoms. The van der Waals surface area contributed by atoms with Crippen molar-refractivity contribution < 1.29 is 23.8 Å². The number of carbonyl (C=O) groups is 1. The molecule has 6 nitrogen and oxygen atoms in total. The van der Waals surface area contributed by atoms with E-state index in [0.29, 0.717) is 10.8 Å². The van der Waals surface area contributed by atoms with Gasteiger partial charge in [-0.1, -0.05) is 11.6 Å². The second-order valence-electron chi connectivity index (χ2n) is 6.06. The highest BCUT2D eigenvalue weighted by Gasteiger charge is 2.29. The molecule has 1 aromatic heterocycles. The molecule has 0 fully saturated rings. The summed E-state index contributed by atoms with van der Waals surface area (Å²) in [5, 5.41) is 9.97. The van der Waals surface area contributed by atoms with E-state index in [2.05, 4.69) is 0 Å². The number of aliphatic carboxylic acids is 1. The van der Waals surface area contributed by atoms with E-state index in [4.69, 9.17) is 30.6 Å². The average molecular weight is 375 g/mol. The molecule has 0 unspecified atom stereocenters. The van der Waals surface area contributed by atoms with Crippen molar-refractivity contribution in [3.05, 3.63) is 64.0 Å². The summed E-state index contributed by atoms with van der Waals surface area (Å²) in [4.78, 5) is 23.7. The zero-order chi connectivity index (χ0) is 18.9. The van der Waals surface area contributed by atoms with Crippen LogP contribution in [0, 0.1) is 0 Å². The topological polar surface area (TPSA) is 86.0 Å². The molecule has 3 rings (SSSR count). The summed E-state index contributed by atoms with van der Waals surface area (Å²) in [7, 11) is 0. The SMILES string of the molecule is CC(C)(Oc1ccc2c(=O)c(Oc3ccc(Cl)cc3)coc2c1)C(=O)O. The van der Waals surface area contributed by atoms with Gasteiger partial charge in [-0.25, -0.2) is 4.79 Å². The lowest BCUT2D eigenvalue weighted by molar-refractivity contribution is -0.152. The number of ether oxygens (including phenoxy) is 2. The van der Waals surface area contributed by atoms with Gasteiger partial charge in [0.05, 0.1) is 5.39 Å². The number of carboxylic acids is 1. The number of rotatable bonds is 5. The van der Waals surface area contributed by atoms with Crippen molar-refractivity contribution in [1.82, 2.24) is 0 Å². The highest BCUT2D eigenvalue weighted by Crippen LogP contribution is 2.26. The van der Waals surface area contributed by atoms with Crippen molar-refractivity contribution in [3.63, 3.8) is 0 Å². The molecule has 0 saturated carbocycles. The van der Waals surface area contributed by atoms with E-state index >= 15 is 0 Å². The number of hydrogen-bond donors (Lipinski definition) is 1. The van der Waals surface area contributed by atoms with Crippen LogP contribution < -0.4 is 14.9 Å². The van der Waals surface area contributed by atoms with E-state index in [1.807, 2.05) is 0 Å². The van der Waals surface area contributed by atoms with Gasteiger partial charge < -0.3 is 19.0 Å². The predicted molar refractivity (Wildman–Crippen MR) is 96.4 cm³/mol. The van der Waals surface area contributed by atoms with Gasteiger partial charge in [-0.05, 0) is 50.2 Å². The van der Waals surface area contributed by atoms with Gasteiger partial charge in [-0.2, -0.15) is 0 Å². The molecule has 0 atom stereocenters. The molecule has 3 aromatic rings. The summed E-state index contributed by atoms with van der Waals surface area (Å²) >= 11 is 5.82. The Balaban J connectivity index is 1.92. The molecule has 1 heterocycles. The van der Waals surface area contributed by atoms with Crippen molar-refractivity contribution in [3.8, 4) is 17.2 Å². The fraction of sp³-hybridized carbons (Fsp3) is 0.158. The molecule has 0 radical (unpaired) electrons. The monoisotopic (exact) mass is 374 g/mol. The Bertz CT molecular complexity index is 1020. The van der Waals surface area contributed by atoms with E-state index in [0.717, 1.165) is 0 Å². The van der Waals surface area contributed by atoms with Gasteiger partial charge in [0.25, 0.3) is 0 Å². The van der Waals surface area contributed by atoms with Crippen molar-refractivity contribution >= 4 is 28.5 Å². The van der Waals surface area contributed by atoms with E-state index in [1.54, 1.807) is 24.3 Å². The van der Waals surface area contributed by atoms with Crippen molar-refractivity contribution in [1.29, 1.82) is 0 Å². The number of hydrogen-bond acceptors (Lipinski definition) is 5. The summed E-state index contributed by atoms with van der Waals surface area (Å²) < 4.78 is 16.4. The van der Waals surface area contributed by atoms with E-state index in [9.17, 15) is 9.59 Å². The highest BCUT2D eigenvalue weighted by atomic mass is 35.5. The minimum Gasteiger partial charge on any atom is -0.478 e. The van der Waals surface area contributed by atoms with Crippen LogP contribution in [0.15, 0.2) is 57.9 Å². The van der Waals surface area contributed by atoms with Crippen LogP contribution in [0.4, 0.5) is 0 Å². The smallest absolute Gasteiger partial charge is 0.347 e. The number of benzene rings is 2. The maximum Gasteiger partial charge on any atom is 0.347 e. The number of carboxylic acid groups (broad SMARTS) is 1. The van der Waals surface area contributed by atoms with Crippen molar-refractivity contribution in [2.75, 3.05) is 0 Å². The number of halogens is 1. The molecule has 0 saturated heterocycles. The Morgan fingerprint density at radius 3 is 2.42 bits per heavy atom. The Hall–Kier alpha value is -2.99. The van der Waals surface area contributed by atoms with Crippen LogP contribution in [-0.4, -0.2) is 16.7 Å². The Morgan fingerprint density at radius 2 is 1.77 bits per heavy atom. The maximum atomic E-state index is 12.6. The Labute approximate surface area is 153 Å². The Kier molecular flexibility index (Phi) is 4.61. The summed E-state index contributed by atoms with van der Waals surface area (Å²) in [6, 6.07) is 11.0. The third-order valence-electron chi connectivity index (χ3n) is 3.64. The van der Waals surface area contributed by atoms with Crippen LogP contribution in [-0.2, 0) is 4.79 Å². The molecule has 0 aliphatic heterocycles. The molecule has 7 heteroatoms. The lowest BCUT2D eigenvalue weighted by Crippen LogP contribution is -2.37. The van der Waals surface area contributed by atoms with E-state index in [-0.39, 0.29) is 27.9 Å². The van der Waals surface area contributed by atoms with Gasteiger partial charge in [0.15, 0.2) is 5.60 Å². The fourth-order valence-electron chi connectivity index (χ4n) is 2.19. The summed E-state index contributed by atoms with van der Waals surface area (Å²) in [5.74, 6) is -0.353. The van der Waals surface area contributed by atoms with E-state index < -0.39 is 11.6 Å². The van der Waals surface area contributed by atoms with Gasteiger partial charge in [0, 0.05) is 11.1 Å². The standard InChI is InChI=1S/C19H15ClO6/c1-19(2,18(22)23)26-13-7-8-14-15(9-13)24-10-16(17(14)21)25-12-5-3-11(20)4-6-12/h3-10H,1-2H3,(H,22,23). The van der Waals surface area contributed by atoms with Crippen molar-refractivity contribution in [2.45, 2.75) is 19.4 Å². The normalized spacial score (nSPS) is 11.3. The zero-order valence-corrected chi connectivity index (χ0v) is 14.7. The van der Waals surface area contributed by atoms with Gasteiger partial charge in [-0.3, -0.25) is 4.79 Å². The minimum absolute atomic E-state index is 0.0272. The molecule has 134 valence electrons. The van der Waals surface area contributed by atoms with Gasteiger partial charge >= 0.3 is 5.97 Å². The molecule has 0 spiro atoms. The first-order valence-corrected chi connectivity index (χ1v) is 8.05. The molecule has 0 aliphatic rings. The third kappa shape index (κ3) is 3.65. The third-order valence-corrected chi connectivity index (χ3v) is 3.90. The second kappa shape index (κ2) is 6.72. The largest absolute Gasteiger partial charge is 0.478 e. The van der Waals surface area contributed by atoms with E-state index in [1.165, 1.54) is 38.3 Å². The Morgan fingerprint density at radius 1 is 1.12 bits per heavy atom. The number of fused-ring (bicyclic) bond motifs is 1. The quantitative estimate of drug-likeness (QED) is 0.708. The summed E-state index contributed by atoms with van der Waals surface area (Å²) in [6.07, 6.45) is 1.20. The van der Waals surface area contributed by atoms with Crippen LogP contribution in [0.3, 0.4) is 0 Å². The lowest BCUT2D eigenvalue weighted by atomic mass is 10.1. The molecule has 2 aromatic carbocycles. The van der Waals surface area contributed by atoms with Crippen LogP contribution in [0.2, 0.25) is 5.02 Å². The maximum absolute atomic E-state index is 12.6. The first-order valence-electron chi connectivity index (χ1n) is 7.68. The zero-order valence-electron chi connectivity index (χ0n) is 14.0. The molecular formula is C19H15ClO6. The summed E-state index contributed by atoms with van der Waals surface area (Å²) in [5.41, 5.74) is -1.51. The van der Waals surface area contributed by atoms with Crippen LogP contribution in [0.5, 0.6) is 17.2 Å². The summed E-state index contributed by atoms with van der Waals surface area (Å²) in [6.45, 7) is 2.86. The molecule has 1 N–H and O–H groups in total. The first-order chi connectivity index (χ1) is 12.3. The molecule has 0 aliphatic carbocycles. The molecule has 0 bridgehead atoms. The van der Waals surface area contributed by atoms with Crippen LogP contribution in [0.25, 0.3) is 11.0 Å². The highest BCUT2D eigenvalue weighted by molar-refractivity contribution is 6.30. The lowest BCUT2D eigenvalue weighted by Gasteiger charge is -2.21. The second-order valence-corrected chi connectivity index (χ2v) is 6.50. The predicted octanol–water partition coefficient (Wildman–Crippen LogP) is 4.48. The van der Waals surface area contributed by atoms with Crippen LogP contribution in [0.1, 0.15) is 13.8 Å². The van der Waals surface area contributed by atoms with Gasteiger partial charge in [-0.15, -0.1) is 0 Å².